The molecule has 0 aromatic heterocycles. The van der Waals surface area contributed by atoms with Gasteiger partial charge < -0.3 is 15.0 Å². The summed E-state index contributed by atoms with van der Waals surface area (Å²) >= 11 is 0. The molecule has 2 aliphatic rings. The fourth-order valence-electron chi connectivity index (χ4n) is 2.92. The van der Waals surface area contributed by atoms with Crippen LogP contribution in [0.4, 0.5) is 5.69 Å². The van der Waals surface area contributed by atoms with Crippen LogP contribution in [0.15, 0.2) is 12.1 Å². The fourth-order valence-corrected chi connectivity index (χ4v) is 2.92. The highest BCUT2D eigenvalue weighted by atomic mass is 16.5. The van der Waals surface area contributed by atoms with Crippen LogP contribution in [0.3, 0.4) is 0 Å². The van der Waals surface area contributed by atoms with Crippen molar-refractivity contribution in [2.45, 2.75) is 26.7 Å². The molecule has 1 aromatic rings. The second-order valence-corrected chi connectivity index (χ2v) is 5.83. The van der Waals surface area contributed by atoms with Gasteiger partial charge in [0.25, 0.3) is 0 Å². The molecule has 0 saturated carbocycles. The third-order valence-electron chi connectivity index (χ3n) is 4.05. The van der Waals surface area contributed by atoms with Crippen LogP contribution >= 0.6 is 0 Å². The molecule has 20 heavy (non-hydrogen) atoms. The van der Waals surface area contributed by atoms with Gasteiger partial charge in [-0.05, 0) is 49.2 Å². The number of fused-ring (bicyclic) bond motifs is 2. The first kappa shape index (κ1) is 13.4. The topological polar surface area (TPSA) is 41.6 Å². The van der Waals surface area contributed by atoms with E-state index in [0.717, 1.165) is 37.4 Å². The monoisotopic (exact) mass is 274 g/mol. The molecule has 0 radical (unpaired) electrons. The summed E-state index contributed by atoms with van der Waals surface area (Å²) in [6, 6.07) is 4.30. The molecule has 1 amide bonds. The summed E-state index contributed by atoms with van der Waals surface area (Å²) in [5.41, 5.74) is 3.66. The third kappa shape index (κ3) is 2.40. The lowest BCUT2D eigenvalue weighted by Crippen LogP contribution is -2.40. The zero-order valence-electron chi connectivity index (χ0n) is 12.2. The molecule has 0 unspecified atom stereocenters. The number of benzene rings is 1. The molecule has 0 bridgehead atoms. The number of ether oxygens (including phenoxy) is 1. The Bertz CT molecular complexity index is 525. The average molecular weight is 274 g/mol. The van der Waals surface area contributed by atoms with Crippen LogP contribution in [0.2, 0.25) is 0 Å². The lowest BCUT2D eigenvalue weighted by atomic mass is 10.00. The summed E-state index contributed by atoms with van der Waals surface area (Å²) in [7, 11) is 0. The molecule has 1 N–H and O–H groups in total. The molecule has 2 aliphatic heterocycles. The SMILES string of the molecule is CC(C)C(=O)N1CCOc2cc3c(cc21)CCNCC3. The van der Waals surface area contributed by atoms with Gasteiger partial charge in [-0.3, -0.25) is 4.79 Å². The molecule has 0 atom stereocenters. The first-order valence-corrected chi connectivity index (χ1v) is 7.47. The lowest BCUT2D eigenvalue weighted by Gasteiger charge is -2.31. The van der Waals surface area contributed by atoms with Crippen molar-refractivity contribution < 1.29 is 9.53 Å². The second-order valence-electron chi connectivity index (χ2n) is 5.83. The van der Waals surface area contributed by atoms with E-state index in [1.165, 1.54) is 11.1 Å². The predicted molar refractivity (Wildman–Crippen MR) is 79.4 cm³/mol. The zero-order valence-corrected chi connectivity index (χ0v) is 12.2. The normalized spacial score (nSPS) is 18.1. The predicted octanol–water partition coefficient (Wildman–Crippen LogP) is 1.76. The quantitative estimate of drug-likeness (QED) is 0.848. The van der Waals surface area contributed by atoms with E-state index in [9.17, 15) is 4.79 Å². The molecule has 0 aliphatic carbocycles. The number of nitrogens with zero attached hydrogens (tertiary/aromatic N) is 1. The van der Waals surface area contributed by atoms with Crippen LogP contribution in [0.5, 0.6) is 5.75 Å². The molecule has 0 spiro atoms. The Hall–Kier alpha value is -1.55. The van der Waals surface area contributed by atoms with E-state index in [4.69, 9.17) is 4.74 Å². The van der Waals surface area contributed by atoms with Crippen molar-refractivity contribution in [1.82, 2.24) is 5.32 Å². The number of hydrogen-bond acceptors (Lipinski definition) is 3. The Labute approximate surface area is 120 Å². The van der Waals surface area contributed by atoms with E-state index >= 15 is 0 Å². The Kier molecular flexibility index (Phi) is 3.66. The number of anilines is 1. The minimum atomic E-state index is 0.0152. The summed E-state index contributed by atoms with van der Waals surface area (Å²) in [5.74, 6) is 1.06. The van der Waals surface area contributed by atoms with Gasteiger partial charge in [-0.15, -0.1) is 0 Å². The molecule has 108 valence electrons. The van der Waals surface area contributed by atoms with Crippen molar-refractivity contribution >= 4 is 11.6 Å². The number of amides is 1. The van der Waals surface area contributed by atoms with Crippen molar-refractivity contribution in [3.63, 3.8) is 0 Å². The van der Waals surface area contributed by atoms with E-state index in [2.05, 4.69) is 17.4 Å². The molecule has 4 heteroatoms. The summed E-state index contributed by atoms with van der Waals surface area (Å²) in [6.45, 7) is 7.16. The zero-order chi connectivity index (χ0) is 14.1. The van der Waals surface area contributed by atoms with Crippen molar-refractivity contribution in [2.75, 3.05) is 31.1 Å². The Morgan fingerprint density at radius 2 is 1.95 bits per heavy atom. The minimum Gasteiger partial charge on any atom is -0.490 e. The highest BCUT2D eigenvalue weighted by Crippen LogP contribution is 2.36. The Balaban J connectivity index is 2.00. The molecule has 2 heterocycles. The van der Waals surface area contributed by atoms with Gasteiger partial charge in [-0.2, -0.15) is 0 Å². The van der Waals surface area contributed by atoms with Crippen molar-refractivity contribution in [2.24, 2.45) is 5.92 Å². The van der Waals surface area contributed by atoms with E-state index in [0.29, 0.717) is 13.2 Å². The maximum absolute atomic E-state index is 12.4. The Morgan fingerprint density at radius 1 is 1.25 bits per heavy atom. The van der Waals surface area contributed by atoms with E-state index in [-0.39, 0.29) is 11.8 Å². The average Bonchev–Trinajstić information content (AvgIpc) is 2.68. The summed E-state index contributed by atoms with van der Waals surface area (Å²) in [5, 5.41) is 3.42. The molecular formula is C16H22N2O2. The number of carbonyl (C=O) groups is 1. The summed E-state index contributed by atoms with van der Waals surface area (Å²) in [4.78, 5) is 14.2. The van der Waals surface area contributed by atoms with Crippen LogP contribution in [0.1, 0.15) is 25.0 Å². The summed E-state index contributed by atoms with van der Waals surface area (Å²) in [6.07, 6.45) is 2.05. The minimum absolute atomic E-state index is 0.0152. The van der Waals surface area contributed by atoms with Crippen LogP contribution in [0.25, 0.3) is 0 Å². The van der Waals surface area contributed by atoms with Gasteiger partial charge >= 0.3 is 0 Å². The van der Waals surface area contributed by atoms with Crippen LogP contribution in [0, 0.1) is 5.92 Å². The van der Waals surface area contributed by atoms with Gasteiger partial charge in [0, 0.05) is 5.92 Å². The highest BCUT2D eigenvalue weighted by Gasteiger charge is 2.27. The smallest absolute Gasteiger partial charge is 0.229 e. The molecule has 0 saturated heterocycles. The third-order valence-corrected chi connectivity index (χ3v) is 4.05. The molecular weight excluding hydrogens is 252 g/mol. The number of hydrogen-bond donors (Lipinski definition) is 1. The van der Waals surface area contributed by atoms with Gasteiger partial charge in [0.2, 0.25) is 5.91 Å². The van der Waals surface area contributed by atoms with E-state index in [1.54, 1.807) is 0 Å². The molecule has 3 rings (SSSR count). The second kappa shape index (κ2) is 5.44. The van der Waals surface area contributed by atoms with Gasteiger partial charge in [0.05, 0.1) is 12.2 Å². The van der Waals surface area contributed by atoms with E-state index < -0.39 is 0 Å². The van der Waals surface area contributed by atoms with Gasteiger partial charge in [-0.1, -0.05) is 13.8 Å². The number of nitrogens with one attached hydrogen (secondary N) is 1. The van der Waals surface area contributed by atoms with Crippen molar-refractivity contribution in [3.05, 3.63) is 23.3 Å². The maximum atomic E-state index is 12.4. The fraction of sp³-hybridized carbons (Fsp3) is 0.562. The van der Waals surface area contributed by atoms with E-state index in [1.807, 2.05) is 18.7 Å². The van der Waals surface area contributed by atoms with Gasteiger partial charge in [0.1, 0.15) is 12.4 Å². The largest absolute Gasteiger partial charge is 0.490 e. The molecule has 4 nitrogen and oxygen atoms in total. The van der Waals surface area contributed by atoms with Crippen molar-refractivity contribution in [3.8, 4) is 5.75 Å². The number of rotatable bonds is 1. The van der Waals surface area contributed by atoms with Crippen LogP contribution in [-0.4, -0.2) is 32.1 Å². The Morgan fingerprint density at radius 3 is 2.65 bits per heavy atom. The highest BCUT2D eigenvalue weighted by molar-refractivity contribution is 5.96. The first-order chi connectivity index (χ1) is 9.66. The van der Waals surface area contributed by atoms with Crippen molar-refractivity contribution in [1.29, 1.82) is 0 Å². The molecule has 1 aromatic carbocycles. The van der Waals surface area contributed by atoms with Gasteiger partial charge in [-0.25, -0.2) is 0 Å². The standard InChI is InChI=1S/C16H22N2O2/c1-11(2)16(19)18-7-8-20-15-10-13-4-6-17-5-3-12(13)9-14(15)18/h9-11,17H,3-8H2,1-2H3. The maximum Gasteiger partial charge on any atom is 0.229 e. The summed E-state index contributed by atoms with van der Waals surface area (Å²) < 4.78 is 5.78. The lowest BCUT2D eigenvalue weighted by molar-refractivity contribution is -0.121. The van der Waals surface area contributed by atoms with Crippen LogP contribution < -0.4 is 15.0 Å². The first-order valence-electron chi connectivity index (χ1n) is 7.47. The molecule has 0 fully saturated rings. The van der Waals surface area contributed by atoms with Gasteiger partial charge in [0.15, 0.2) is 0 Å². The number of carbonyl (C=O) groups excluding carboxylic acids is 1. The van der Waals surface area contributed by atoms with Crippen LogP contribution in [-0.2, 0) is 17.6 Å².